The van der Waals surface area contributed by atoms with E-state index in [1.54, 1.807) is 12.1 Å². The molecule has 3 rings (SSSR count). The fourth-order valence-electron chi connectivity index (χ4n) is 2.80. The maximum absolute atomic E-state index is 11.0. The van der Waals surface area contributed by atoms with E-state index in [9.17, 15) is 10.1 Å². The second kappa shape index (κ2) is 5.40. The van der Waals surface area contributed by atoms with Gasteiger partial charge in [0.1, 0.15) is 11.9 Å². The van der Waals surface area contributed by atoms with Crippen molar-refractivity contribution in [2.24, 2.45) is 0 Å². The number of likely N-dealkylation sites (tertiary alicyclic amines) is 1. The highest BCUT2D eigenvalue weighted by Crippen LogP contribution is 2.42. The lowest BCUT2D eigenvalue weighted by atomic mass is 10.1. The highest BCUT2D eigenvalue weighted by Gasteiger charge is 2.28. The summed E-state index contributed by atoms with van der Waals surface area (Å²) in [5, 5.41) is 11.0. The lowest BCUT2D eigenvalue weighted by Crippen LogP contribution is -2.24. The molecule has 0 spiro atoms. The second-order valence-corrected chi connectivity index (χ2v) is 5.71. The predicted molar refractivity (Wildman–Crippen MR) is 76.2 cm³/mol. The zero-order chi connectivity index (χ0) is 14.1. The van der Waals surface area contributed by atoms with Gasteiger partial charge in [-0.15, -0.1) is 0 Å². The average Bonchev–Trinajstić information content (AvgIpc) is 3.19. The second-order valence-electron chi connectivity index (χ2n) is 5.71. The molecule has 0 N–H and O–H groups in total. The van der Waals surface area contributed by atoms with Crippen molar-refractivity contribution in [2.75, 3.05) is 19.6 Å². The van der Waals surface area contributed by atoms with E-state index < -0.39 is 0 Å². The summed E-state index contributed by atoms with van der Waals surface area (Å²) in [6.45, 7) is 5.13. The van der Waals surface area contributed by atoms with Crippen molar-refractivity contribution in [1.82, 2.24) is 4.90 Å². The Morgan fingerprint density at radius 2 is 2.15 bits per heavy atom. The molecule has 2 fully saturated rings. The maximum atomic E-state index is 11.0. The van der Waals surface area contributed by atoms with Crippen LogP contribution in [0.1, 0.15) is 37.7 Å². The Kier molecular flexibility index (Phi) is 3.61. The van der Waals surface area contributed by atoms with Crippen LogP contribution in [0.25, 0.3) is 0 Å². The van der Waals surface area contributed by atoms with Gasteiger partial charge in [-0.25, -0.2) is 0 Å². The molecule has 1 saturated heterocycles. The normalized spacial score (nSPS) is 22.9. The van der Waals surface area contributed by atoms with Gasteiger partial charge in [-0.1, -0.05) is 6.92 Å². The first-order valence-electron chi connectivity index (χ1n) is 7.34. The zero-order valence-corrected chi connectivity index (χ0v) is 11.7. The van der Waals surface area contributed by atoms with E-state index >= 15 is 0 Å². The van der Waals surface area contributed by atoms with Crippen LogP contribution in [0.3, 0.4) is 0 Å². The molecule has 1 aromatic rings. The topological polar surface area (TPSA) is 55.6 Å². The molecular weight excluding hydrogens is 256 g/mol. The molecule has 1 heterocycles. The first-order chi connectivity index (χ1) is 9.65. The summed E-state index contributed by atoms with van der Waals surface area (Å²) in [7, 11) is 0. The van der Waals surface area contributed by atoms with E-state index in [4.69, 9.17) is 4.74 Å². The fourth-order valence-corrected chi connectivity index (χ4v) is 2.80. The van der Waals surface area contributed by atoms with Gasteiger partial charge in [0.2, 0.25) is 0 Å². The lowest BCUT2D eigenvalue weighted by molar-refractivity contribution is -0.385. The summed E-state index contributed by atoms with van der Waals surface area (Å²) in [5.74, 6) is 1.15. The van der Waals surface area contributed by atoms with Crippen LogP contribution in [0.4, 0.5) is 5.69 Å². The molecule has 0 amide bonds. The minimum atomic E-state index is -0.328. The largest absolute Gasteiger partial charge is 0.489 e. The van der Waals surface area contributed by atoms with Crippen molar-refractivity contribution >= 4 is 5.69 Å². The van der Waals surface area contributed by atoms with E-state index in [1.807, 2.05) is 6.07 Å². The van der Waals surface area contributed by atoms with Crippen LogP contribution in [0.15, 0.2) is 18.2 Å². The molecule has 1 aliphatic carbocycles. The molecule has 2 aliphatic rings. The number of non-ortho nitro benzene ring substituents is 1. The number of nitrogens with zero attached hydrogens (tertiary/aromatic N) is 2. The maximum Gasteiger partial charge on any atom is 0.273 e. The molecule has 1 unspecified atom stereocenters. The molecule has 1 aromatic carbocycles. The van der Waals surface area contributed by atoms with Crippen LogP contribution in [0, 0.1) is 10.1 Å². The Morgan fingerprint density at radius 1 is 1.35 bits per heavy atom. The zero-order valence-electron chi connectivity index (χ0n) is 11.7. The molecule has 1 saturated carbocycles. The first-order valence-corrected chi connectivity index (χ1v) is 7.34. The third kappa shape index (κ3) is 2.93. The fraction of sp³-hybridized carbons (Fsp3) is 0.600. The lowest BCUT2D eigenvalue weighted by Gasteiger charge is -2.15. The molecule has 0 bridgehead atoms. The SMILES string of the molecule is CCN1CCC(Oc2cc(C3CC3)cc([N+](=O)[O-])c2)C1. The summed E-state index contributed by atoms with van der Waals surface area (Å²) in [6.07, 6.45) is 3.42. The van der Waals surface area contributed by atoms with Gasteiger partial charge < -0.3 is 4.74 Å². The van der Waals surface area contributed by atoms with Crippen molar-refractivity contribution in [3.8, 4) is 5.75 Å². The quantitative estimate of drug-likeness (QED) is 0.613. The average molecular weight is 276 g/mol. The van der Waals surface area contributed by atoms with Gasteiger partial charge >= 0.3 is 0 Å². The highest BCUT2D eigenvalue weighted by molar-refractivity contribution is 5.45. The van der Waals surface area contributed by atoms with Gasteiger partial charge in [-0.05, 0) is 43.4 Å². The Balaban J connectivity index is 1.76. The third-order valence-corrected chi connectivity index (χ3v) is 4.15. The number of likely N-dealkylation sites (N-methyl/N-ethyl adjacent to an activating group) is 1. The van der Waals surface area contributed by atoms with Gasteiger partial charge in [0, 0.05) is 19.2 Å². The smallest absolute Gasteiger partial charge is 0.273 e. The highest BCUT2D eigenvalue weighted by atomic mass is 16.6. The van der Waals surface area contributed by atoms with Crippen LogP contribution in [-0.4, -0.2) is 35.6 Å². The Labute approximate surface area is 118 Å². The molecule has 5 heteroatoms. The summed E-state index contributed by atoms with van der Waals surface area (Å²) in [5.41, 5.74) is 1.20. The van der Waals surface area contributed by atoms with Gasteiger partial charge in [-0.3, -0.25) is 15.0 Å². The van der Waals surface area contributed by atoms with Crippen LogP contribution >= 0.6 is 0 Å². The van der Waals surface area contributed by atoms with E-state index in [1.165, 1.54) is 0 Å². The van der Waals surface area contributed by atoms with Gasteiger partial charge in [0.15, 0.2) is 0 Å². The number of hydrogen-bond donors (Lipinski definition) is 0. The molecule has 108 valence electrons. The van der Waals surface area contributed by atoms with Crippen LogP contribution in [0.2, 0.25) is 0 Å². The number of ether oxygens (including phenoxy) is 1. The number of hydrogen-bond acceptors (Lipinski definition) is 4. The molecule has 5 nitrogen and oxygen atoms in total. The molecule has 0 aromatic heterocycles. The molecule has 20 heavy (non-hydrogen) atoms. The molecule has 0 radical (unpaired) electrons. The summed E-state index contributed by atoms with van der Waals surface area (Å²) in [4.78, 5) is 13.0. The standard InChI is InChI=1S/C15H20N2O3/c1-2-16-6-5-14(10-16)20-15-8-12(11-3-4-11)7-13(9-15)17(18)19/h7-9,11,14H,2-6,10H2,1H3. The van der Waals surface area contributed by atoms with Gasteiger partial charge in [-0.2, -0.15) is 0 Å². The minimum absolute atomic E-state index is 0.148. The summed E-state index contributed by atoms with van der Waals surface area (Å²) < 4.78 is 5.97. The number of nitro benzene ring substituents is 1. The number of rotatable bonds is 5. The van der Waals surface area contributed by atoms with E-state index in [0.29, 0.717) is 11.7 Å². The predicted octanol–water partition coefficient (Wildman–Crippen LogP) is 2.95. The third-order valence-electron chi connectivity index (χ3n) is 4.15. The summed E-state index contributed by atoms with van der Waals surface area (Å²) >= 11 is 0. The monoisotopic (exact) mass is 276 g/mol. The van der Waals surface area contributed by atoms with Crippen molar-refractivity contribution in [2.45, 2.75) is 38.2 Å². The molecule has 1 aliphatic heterocycles. The molecule has 1 atom stereocenters. The van der Waals surface area contributed by atoms with Gasteiger partial charge in [0.05, 0.1) is 11.0 Å². The van der Waals surface area contributed by atoms with Crippen molar-refractivity contribution in [3.05, 3.63) is 33.9 Å². The van der Waals surface area contributed by atoms with Crippen molar-refractivity contribution in [3.63, 3.8) is 0 Å². The van der Waals surface area contributed by atoms with E-state index in [2.05, 4.69) is 11.8 Å². The van der Waals surface area contributed by atoms with Crippen molar-refractivity contribution in [1.29, 1.82) is 0 Å². The van der Waals surface area contributed by atoms with Crippen LogP contribution in [-0.2, 0) is 0 Å². The van der Waals surface area contributed by atoms with E-state index in [-0.39, 0.29) is 16.7 Å². The Morgan fingerprint density at radius 3 is 2.75 bits per heavy atom. The van der Waals surface area contributed by atoms with E-state index in [0.717, 1.165) is 44.5 Å². The number of benzene rings is 1. The van der Waals surface area contributed by atoms with Crippen LogP contribution in [0.5, 0.6) is 5.75 Å². The summed E-state index contributed by atoms with van der Waals surface area (Å²) in [6, 6.07) is 5.23. The van der Waals surface area contributed by atoms with Gasteiger partial charge in [0.25, 0.3) is 5.69 Å². The Bertz CT molecular complexity index is 514. The Hall–Kier alpha value is -1.62. The first kappa shape index (κ1) is 13.4. The minimum Gasteiger partial charge on any atom is -0.489 e. The van der Waals surface area contributed by atoms with Crippen LogP contribution < -0.4 is 4.74 Å². The molecular formula is C15H20N2O3. The van der Waals surface area contributed by atoms with Crippen molar-refractivity contribution < 1.29 is 9.66 Å². The number of nitro groups is 1.